The number of piperidine rings is 1. The van der Waals surface area contributed by atoms with E-state index >= 15 is 0 Å². The highest BCUT2D eigenvalue weighted by Crippen LogP contribution is 2.46. The first-order chi connectivity index (χ1) is 10.4. The molecule has 0 aromatic rings. The van der Waals surface area contributed by atoms with Gasteiger partial charge in [0.2, 0.25) is 15.9 Å². The number of carbonyl (C=O) groups is 1. The molecule has 7 heteroatoms. The lowest BCUT2D eigenvalue weighted by atomic mass is 9.76. The van der Waals surface area contributed by atoms with Gasteiger partial charge in [-0.15, -0.1) is 0 Å². The fraction of sp³-hybridized carbons (Fsp3) is 0.933. The molecule has 1 saturated carbocycles. The van der Waals surface area contributed by atoms with Crippen molar-refractivity contribution in [3.63, 3.8) is 0 Å². The van der Waals surface area contributed by atoms with Gasteiger partial charge in [-0.05, 0) is 37.5 Å². The fourth-order valence-electron chi connectivity index (χ4n) is 3.97. The topological polar surface area (TPSA) is 66.9 Å². The maximum Gasteiger partial charge on any atom is 0.219 e. The first-order valence-electron chi connectivity index (χ1n) is 8.13. The zero-order chi connectivity index (χ0) is 16.0. The minimum Gasteiger partial charge on any atom is -0.383 e. The monoisotopic (exact) mass is 330 g/mol. The first kappa shape index (κ1) is 16.2. The van der Waals surface area contributed by atoms with E-state index in [9.17, 15) is 13.2 Å². The van der Waals surface area contributed by atoms with Crippen molar-refractivity contribution in [3.05, 3.63) is 0 Å². The van der Waals surface area contributed by atoms with Gasteiger partial charge in [0.05, 0.1) is 11.9 Å². The van der Waals surface area contributed by atoms with E-state index in [-0.39, 0.29) is 22.6 Å². The molecule has 6 nitrogen and oxygen atoms in total. The SMILES string of the molecule is COC[C@@H]1CC2(CCN(C(C)=O)CC2)CN1S(=O)(=O)C1CC1. The molecule has 0 N–H and O–H groups in total. The summed E-state index contributed by atoms with van der Waals surface area (Å²) < 4.78 is 32.4. The Kier molecular flexibility index (Phi) is 4.24. The van der Waals surface area contributed by atoms with Crippen LogP contribution in [0.15, 0.2) is 0 Å². The average molecular weight is 330 g/mol. The van der Waals surface area contributed by atoms with Crippen LogP contribution in [0.5, 0.6) is 0 Å². The Morgan fingerprint density at radius 3 is 2.41 bits per heavy atom. The second kappa shape index (κ2) is 5.76. The van der Waals surface area contributed by atoms with Crippen molar-refractivity contribution in [1.29, 1.82) is 0 Å². The standard InChI is InChI=1S/C15H26N2O4S/c1-12(18)16-7-5-15(6-8-16)9-13(10-21-2)17(11-15)22(19,20)14-3-4-14/h13-14H,3-11H2,1-2H3/t13-/m0/s1. The van der Waals surface area contributed by atoms with E-state index in [2.05, 4.69) is 0 Å². The Hall–Kier alpha value is -0.660. The second-order valence-electron chi connectivity index (χ2n) is 7.11. The van der Waals surface area contributed by atoms with E-state index in [1.165, 1.54) is 0 Å². The van der Waals surface area contributed by atoms with Crippen molar-refractivity contribution in [2.45, 2.75) is 50.3 Å². The van der Waals surface area contributed by atoms with Gasteiger partial charge in [-0.3, -0.25) is 4.79 Å². The Balaban J connectivity index is 1.75. The number of carbonyl (C=O) groups excluding carboxylic acids is 1. The second-order valence-corrected chi connectivity index (χ2v) is 9.27. The van der Waals surface area contributed by atoms with Gasteiger partial charge in [0.25, 0.3) is 0 Å². The van der Waals surface area contributed by atoms with Gasteiger partial charge in [0.1, 0.15) is 0 Å². The van der Waals surface area contributed by atoms with Crippen LogP contribution >= 0.6 is 0 Å². The minimum absolute atomic E-state index is 0.0249. The maximum atomic E-state index is 12.7. The van der Waals surface area contributed by atoms with Crippen LogP contribution in [0.1, 0.15) is 39.0 Å². The minimum atomic E-state index is -3.17. The molecule has 22 heavy (non-hydrogen) atoms. The maximum absolute atomic E-state index is 12.7. The van der Waals surface area contributed by atoms with Crippen LogP contribution in [0, 0.1) is 5.41 Å². The van der Waals surface area contributed by atoms with E-state index in [0.717, 1.165) is 45.2 Å². The van der Waals surface area contributed by atoms with Crippen LogP contribution in [0.4, 0.5) is 0 Å². The van der Waals surface area contributed by atoms with Crippen LogP contribution in [0.2, 0.25) is 0 Å². The van der Waals surface area contributed by atoms with Gasteiger partial charge in [0.15, 0.2) is 0 Å². The molecule has 2 aliphatic heterocycles. The molecule has 0 aromatic heterocycles. The molecule has 0 radical (unpaired) electrons. The highest BCUT2D eigenvalue weighted by molar-refractivity contribution is 7.90. The lowest BCUT2D eigenvalue weighted by Crippen LogP contribution is -2.44. The molecular weight excluding hydrogens is 304 g/mol. The molecular formula is C15H26N2O4S. The van der Waals surface area contributed by atoms with Crippen molar-refractivity contribution in [2.75, 3.05) is 33.4 Å². The number of likely N-dealkylation sites (tertiary alicyclic amines) is 1. The zero-order valence-corrected chi connectivity index (χ0v) is 14.3. The van der Waals surface area contributed by atoms with Crippen molar-refractivity contribution in [3.8, 4) is 0 Å². The Morgan fingerprint density at radius 2 is 1.91 bits per heavy atom. The molecule has 3 rings (SSSR count). The van der Waals surface area contributed by atoms with Crippen molar-refractivity contribution in [1.82, 2.24) is 9.21 Å². The summed E-state index contributed by atoms with van der Waals surface area (Å²) in [7, 11) is -1.54. The lowest BCUT2D eigenvalue weighted by Gasteiger charge is -2.38. The normalized spacial score (nSPS) is 29.2. The van der Waals surface area contributed by atoms with E-state index in [0.29, 0.717) is 13.2 Å². The lowest BCUT2D eigenvalue weighted by molar-refractivity contribution is -0.131. The highest BCUT2D eigenvalue weighted by Gasteiger charge is 2.52. The van der Waals surface area contributed by atoms with E-state index < -0.39 is 10.0 Å². The number of hydrogen-bond acceptors (Lipinski definition) is 4. The number of nitrogens with zero attached hydrogens (tertiary/aromatic N) is 2. The molecule has 1 atom stereocenters. The molecule has 126 valence electrons. The molecule has 2 heterocycles. The van der Waals surface area contributed by atoms with Gasteiger partial charge in [-0.25, -0.2) is 8.42 Å². The molecule has 1 aliphatic carbocycles. The van der Waals surface area contributed by atoms with Crippen molar-refractivity contribution < 1.29 is 17.9 Å². The van der Waals surface area contributed by atoms with Crippen molar-refractivity contribution in [2.24, 2.45) is 5.41 Å². The van der Waals surface area contributed by atoms with Gasteiger partial charge in [-0.1, -0.05) is 0 Å². The predicted octanol–water partition coefficient (Wildman–Crippen LogP) is 0.828. The van der Waals surface area contributed by atoms with Crippen LogP contribution < -0.4 is 0 Å². The molecule has 0 unspecified atom stereocenters. The van der Waals surface area contributed by atoms with Crippen LogP contribution in [0.25, 0.3) is 0 Å². The molecule has 0 aromatic carbocycles. The third-order valence-electron chi connectivity index (χ3n) is 5.47. The summed E-state index contributed by atoms with van der Waals surface area (Å²) in [4.78, 5) is 13.4. The number of amides is 1. The molecule has 3 aliphatic rings. The first-order valence-corrected chi connectivity index (χ1v) is 9.63. The van der Waals surface area contributed by atoms with Crippen LogP contribution in [0.3, 0.4) is 0 Å². The summed E-state index contributed by atoms with van der Waals surface area (Å²) in [6.07, 6.45) is 4.23. The summed E-state index contributed by atoms with van der Waals surface area (Å²) in [5.74, 6) is 0.115. The van der Waals surface area contributed by atoms with E-state index in [4.69, 9.17) is 4.74 Å². The third kappa shape index (κ3) is 2.90. The Morgan fingerprint density at radius 1 is 1.27 bits per heavy atom. The zero-order valence-electron chi connectivity index (χ0n) is 13.5. The van der Waals surface area contributed by atoms with E-state index in [1.807, 2.05) is 4.90 Å². The number of sulfonamides is 1. The molecule has 0 bridgehead atoms. The van der Waals surface area contributed by atoms with Crippen molar-refractivity contribution >= 4 is 15.9 Å². The Labute approximate surface area is 132 Å². The smallest absolute Gasteiger partial charge is 0.219 e. The molecule has 3 fully saturated rings. The summed E-state index contributed by atoms with van der Waals surface area (Å²) in [5.41, 5.74) is 0.0249. The molecule has 1 spiro atoms. The fourth-order valence-corrected chi connectivity index (χ4v) is 6.09. The summed E-state index contributed by atoms with van der Waals surface area (Å²) >= 11 is 0. The predicted molar refractivity (Wildman–Crippen MR) is 82.8 cm³/mol. The molecule has 1 amide bonds. The third-order valence-corrected chi connectivity index (χ3v) is 7.86. The van der Waals surface area contributed by atoms with E-state index in [1.54, 1.807) is 18.3 Å². The highest BCUT2D eigenvalue weighted by atomic mass is 32.2. The largest absolute Gasteiger partial charge is 0.383 e. The summed E-state index contributed by atoms with van der Waals surface area (Å²) in [6, 6.07) is -0.0421. The van der Waals surface area contributed by atoms with Crippen LogP contribution in [-0.2, 0) is 19.6 Å². The van der Waals surface area contributed by atoms with Gasteiger partial charge >= 0.3 is 0 Å². The van der Waals surface area contributed by atoms with Gasteiger partial charge in [-0.2, -0.15) is 4.31 Å². The summed E-state index contributed by atoms with van der Waals surface area (Å²) in [5, 5.41) is -0.167. The average Bonchev–Trinajstić information content (AvgIpc) is 3.26. The molecule has 2 saturated heterocycles. The quantitative estimate of drug-likeness (QED) is 0.766. The van der Waals surface area contributed by atoms with Gasteiger partial charge < -0.3 is 9.64 Å². The number of rotatable bonds is 4. The number of ether oxygens (including phenoxy) is 1. The number of hydrogen-bond donors (Lipinski definition) is 0. The van der Waals surface area contributed by atoms with Crippen LogP contribution in [-0.4, -0.2) is 68.2 Å². The Bertz CT molecular complexity index is 536. The van der Waals surface area contributed by atoms with Gasteiger partial charge in [0, 0.05) is 39.7 Å². The number of methoxy groups -OCH3 is 1. The summed E-state index contributed by atoms with van der Waals surface area (Å²) in [6.45, 7) is 4.15.